The van der Waals surface area contributed by atoms with Crippen LogP contribution in [0, 0.1) is 0 Å². The number of ether oxygens (including phenoxy) is 1. The van der Waals surface area contributed by atoms with Crippen molar-refractivity contribution in [1.29, 1.82) is 0 Å². The highest BCUT2D eigenvalue weighted by atomic mass is 32.2. The molecule has 0 N–H and O–H groups in total. The zero-order valence-electron chi connectivity index (χ0n) is 28.2. The Morgan fingerprint density at radius 1 is 0.800 bits per heavy atom. The first-order valence-electron chi connectivity index (χ1n) is 16.9. The van der Waals surface area contributed by atoms with Gasteiger partial charge in [-0.1, -0.05) is 121 Å². The first kappa shape index (κ1) is 31.8. The molecule has 4 atom stereocenters. The second-order valence-electron chi connectivity index (χ2n) is 13.3. The number of β-lactam (4-membered cyclic amide) rings is 1. The van der Waals surface area contributed by atoms with E-state index < -0.39 is 6.04 Å². The maximum absolute atomic E-state index is 14.8. The van der Waals surface area contributed by atoms with Crippen LogP contribution in [0.3, 0.4) is 0 Å². The highest BCUT2D eigenvalue weighted by Gasteiger charge is 2.65. The quantitative estimate of drug-likeness (QED) is 0.137. The van der Waals surface area contributed by atoms with Gasteiger partial charge in [-0.15, -0.1) is 16.9 Å². The van der Waals surface area contributed by atoms with Crippen molar-refractivity contribution >= 4 is 23.4 Å². The molecule has 1 aromatic heterocycles. The van der Waals surface area contributed by atoms with Crippen molar-refractivity contribution in [2.75, 3.05) is 12.0 Å². The fraction of sp³-hybridized carbons (Fsp3) is 0.220. The van der Waals surface area contributed by atoms with Crippen LogP contribution >= 0.6 is 11.8 Å². The summed E-state index contributed by atoms with van der Waals surface area (Å²) in [4.78, 5) is 19.1. The van der Waals surface area contributed by atoms with Crippen LogP contribution in [0.1, 0.15) is 48.4 Å². The van der Waals surface area contributed by atoms with Crippen LogP contribution in [0.4, 0.5) is 5.69 Å². The van der Waals surface area contributed by atoms with Gasteiger partial charge in [0.05, 0.1) is 19.7 Å². The normalized spacial score (nSPS) is 19.8. The molecule has 0 saturated carbocycles. The Balaban J connectivity index is 1.14. The van der Waals surface area contributed by atoms with E-state index in [0.717, 1.165) is 33.7 Å². The first-order chi connectivity index (χ1) is 24.4. The molecule has 0 radical (unpaired) electrons. The number of methoxy groups -OCH3 is 1. The lowest BCUT2D eigenvalue weighted by molar-refractivity contribution is -0.148. The number of fused-ring (bicyclic) bond motifs is 1. The van der Waals surface area contributed by atoms with Gasteiger partial charge in [-0.05, 0) is 64.7 Å². The number of tetrazole rings is 1. The molecule has 0 aliphatic carbocycles. The molecule has 2 fully saturated rings. The lowest BCUT2D eigenvalue weighted by atomic mass is 9.89. The third kappa shape index (κ3) is 5.61. The number of para-hydroxylation sites is 2. The molecule has 9 heteroatoms. The predicted molar refractivity (Wildman–Crippen MR) is 198 cm³/mol. The summed E-state index contributed by atoms with van der Waals surface area (Å²) in [7, 11) is 1.70. The molecule has 0 spiro atoms. The average Bonchev–Trinajstić information content (AvgIpc) is 3.71. The summed E-state index contributed by atoms with van der Waals surface area (Å²) < 4.78 is 7.41. The smallest absolute Gasteiger partial charge is 0.250 e. The van der Waals surface area contributed by atoms with Crippen LogP contribution in [0.5, 0.6) is 5.75 Å². The van der Waals surface area contributed by atoms with Gasteiger partial charge < -0.3 is 14.5 Å². The van der Waals surface area contributed by atoms with Gasteiger partial charge in [-0.3, -0.25) is 4.79 Å². The lowest BCUT2D eigenvalue weighted by Crippen LogP contribution is -2.68. The van der Waals surface area contributed by atoms with Crippen molar-refractivity contribution < 1.29 is 9.53 Å². The summed E-state index contributed by atoms with van der Waals surface area (Å²) in [5.41, 5.74) is 6.46. The van der Waals surface area contributed by atoms with Gasteiger partial charge in [-0.25, -0.2) is 4.68 Å². The molecule has 1 amide bonds. The van der Waals surface area contributed by atoms with Gasteiger partial charge >= 0.3 is 0 Å². The van der Waals surface area contributed by atoms with Gasteiger partial charge in [0, 0.05) is 16.0 Å². The number of aromatic nitrogens is 4. The molecule has 2 aliphatic rings. The summed E-state index contributed by atoms with van der Waals surface area (Å²) in [6, 6.07) is 46.6. The molecule has 2 aliphatic heterocycles. The summed E-state index contributed by atoms with van der Waals surface area (Å²) in [6.07, 6.45) is 0. The van der Waals surface area contributed by atoms with E-state index in [-0.39, 0.29) is 28.1 Å². The number of anilines is 1. The SMILES string of the molecule is COc1ccccc1C(c1ccccc1)N(c1ccccc1)C1C(=O)N2C(c3nnnn3Cc3ccc(-c4ccccc4)cc3)C(C)(C)S[C@H]12. The minimum atomic E-state index is -0.434. The Hall–Kier alpha value is -5.41. The number of nitrogens with zero attached hydrogens (tertiary/aromatic N) is 6. The Kier molecular flexibility index (Phi) is 8.36. The van der Waals surface area contributed by atoms with E-state index in [0.29, 0.717) is 12.4 Å². The first-order valence-corrected chi connectivity index (χ1v) is 17.7. The minimum absolute atomic E-state index is 0.0551. The highest BCUT2D eigenvalue weighted by molar-refractivity contribution is 8.01. The molecule has 250 valence electrons. The van der Waals surface area contributed by atoms with Gasteiger partial charge in [0.1, 0.15) is 23.2 Å². The molecule has 3 heterocycles. The van der Waals surface area contributed by atoms with E-state index >= 15 is 0 Å². The molecule has 3 unspecified atom stereocenters. The number of rotatable bonds is 10. The Bertz CT molecular complexity index is 2090. The van der Waals surface area contributed by atoms with E-state index in [1.807, 2.05) is 94.1 Å². The number of benzene rings is 5. The molecular weight excluding hydrogens is 641 g/mol. The van der Waals surface area contributed by atoms with Crippen molar-refractivity contribution in [2.45, 2.75) is 48.6 Å². The largest absolute Gasteiger partial charge is 0.496 e. The predicted octanol–water partition coefficient (Wildman–Crippen LogP) is 7.80. The molecule has 50 heavy (non-hydrogen) atoms. The number of carbonyl (C=O) groups is 1. The monoisotopic (exact) mass is 678 g/mol. The molecule has 2 saturated heterocycles. The van der Waals surface area contributed by atoms with Crippen LogP contribution < -0.4 is 9.64 Å². The van der Waals surface area contributed by atoms with E-state index in [2.05, 4.69) is 101 Å². The maximum atomic E-state index is 14.8. The summed E-state index contributed by atoms with van der Waals surface area (Å²) in [6.45, 7) is 4.89. The molecule has 5 aromatic carbocycles. The van der Waals surface area contributed by atoms with Gasteiger partial charge in [0.15, 0.2) is 5.82 Å². The van der Waals surface area contributed by atoms with E-state index in [4.69, 9.17) is 4.74 Å². The topological polar surface area (TPSA) is 76.4 Å². The highest BCUT2D eigenvalue weighted by Crippen LogP contribution is 2.59. The van der Waals surface area contributed by atoms with Crippen LogP contribution in [0.2, 0.25) is 0 Å². The van der Waals surface area contributed by atoms with Crippen molar-refractivity contribution in [3.63, 3.8) is 0 Å². The Morgan fingerprint density at radius 3 is 2.12 bits per heavy atom. The van der Waals surface area contributed by atoms with Gasteiger partial charge in [-0.2, -0.15) is 0 Å². The Morgan fingerprint density at radius 2 is 1.42 bits per heavy atom. The second kappa shape index (κ2) is 13.1. The average molecular weight is 679 g/mol. The molecular formula is C41H38N6O2S. The third-order valence-corrected chi connectivity index (χ3v) is 11.3. The van der Waals surface area contributed by atoms with Crippen molar-refractivity contribution in [3.8, 4) is 16.9 Å². The number of thioether (sulfide) groups is 1. The van der Waals surface area contributed by atoms with E-state index in [1.54, 1.807) is 7.11 Å². The van der Waals surface area contributed by atoms with Gasteiger partial charge in [0.25, 0.3) is 0 Å². The zero-order chi connectivity index (χ0) is 34.2. The Labute approximate surface area is 296 Å². The number of carbonyl (C=O) groups excluding carboxylic acids is 1. The van der Waals surface area contributed by atoms with E-state index in [9.17, 15) is 4.79 Å². The van der Waals surface area contributed by atoms with Crippen molar-refractivity contribution in [3.05, 3.63) is 162 Å². The summed E-state index contributed by atoms with van der Waals surface area (Å²) >= 11 is 1.81. The molecule has 8 rings (SSSR count). The van der Waals surface area contributed by atoms with Crippen molar-refractivity contribution in [1.82, 2.24) is 25.1 Å². The van der Waals surface area contributed by atoms with Gasteiger partial charge in [0.2, 0.25) is 5.91 Å². The van der Waals surface area contributed by atoms with Crippen LogP contribution in [0.25, 0.3) is 11.1 Å². The fourth-order valence-electron chi connectivity index (χ4n) is 7.48. The zero-order valence-corrected chi connectivity index (χ0v) is 29.0. The van der Waals surface area contributed by atoms with E-state index in [1.165, 1.54) is 5.56 Å². The molecule has 0 bridgehead atoms. The fourth-order valence-corrected chi connectivity index (χ4v) is 9.17. The molecule has 8 nitrogen and oxygen atoms in total. The molecule has 6 aromatic rings. The number of amides is 1. The van der Waals surface area contributed by atoms with Crippen LogP contribution in [0.15, 0.2) is 140 Å². The summed E-state index contributed by atoms with van der Waals surface area (Å²) in [5.74, 6) is 1.53. The second-order valence-corrected chi connectivity index (χ2v) is 15.0. The van der Waals surface area contributed by atoms with Crippen LogP contribution in [-0.2, 0) is 11.3 Å². The lowest BCUT2D eigenvalue weighted by Gasteiger charge is -2.52. The van der Waals surface area contributed by atoms with Crippen LogP contribution in [-0.4, -0.2) is 54.3 Å². The standard InChI is InChI=1S/C41H38N6O2S/c1-41(2)37(38-42-43-44-45(38)27-28-23-25-30(26-24-28)29-15-7-4-8-16-29)47-39(48)36(40(47)50-41)46(32-19-11-6-12-20-32)35(31-17-9-5-10-18-31)33-21-13-14-22-34(33)49-3/h4-26,35-37,40H,27H2,1-3H3/t35?,36?,37?,40-/m1/s1. The maximum Gasteiger partial charge on any atom is 0.250 e. The van der Waals surface area contributed by atoms with Crippen molar-refractivity contribution in [2.24, 2.45) is 0 Å². The number of hydrogen-bond acceptors (Lipinski definition) is 7. The number of hydrogen-bond donors (Lipinski definition) is 0. The third-order valence-electron chi connectivity index (χ3n) is 9.79. The summed E-state index contributed by atoms with van der Waals surface area (Å²) in [5, 5.41) is 13.0. The minimum Gasteiger partial charge on any atom is -0.496 e.